The van der Waals surface area contributed by atoms with E-state index >= 15 is 0 Å². The minimum absolute atomic E-state index is 0.122. The van der Waals surface area contributed by atoms with Crippen molar-refractivity contribution in [2.75, 3.05) is 11.4 Å². The number of nitrogens with zero attached hydrogens (tertiary/aromatic N) is 3. The zero-order valence-corrected chi connectivity index (χ0v) is 16.1. The lowest BCUT2D eigenvalue weighted by molar-refractivity contribution is -0.126. The third kappa shape index (κ3) is 4.14. The number of hydrogen-bond acceptors (Lipinski definition) is 3. The van der Waals surface area contributed by atoms with Crippen molar-refractivity contribution in [1.29, 1.82) is 0 Å². The Morgan fingerprint density at radius 3 is 2.86 bits per heavy atom. The minimum Gasteiger partial charge on any atom is -0.352 e. The number of aromatic nitrogens is 2. The molecule has 3 aromatic rings. The molecule has 1 unspecified atom stereocenters. The fraction of sp³-hybridized carbons (Fsp3) is 0.190. The molecular weight excluding hydrogens is 395 g/mol. The predicted molar refractivity (Wildman–Crippen MR) is 107 cm³/mol. The topological polar surface area (TPSA) is 67.2 Å². The quantitative estimate of drug-likeness (QED) is 0.699. The number of carbonyl (C=O) groups is 2. The molecule has 2 aromatic carbocycles. The summed E-state index contributed by atoms with van der Waals surface area (Å²) in [5, 5.41) is 3.33. The first-order valence-electron chi connectivity index (χ1n) is 9.11. The van der Waals surface area contributed by atoms with E-state index in [1.165, 1.54) is 12.4 Å². The lowest BCUT2D eigenvalue weighted by Crippen LogP contribution is -2.32. The van der Waals surface area contributed by atoms with Crippen LogP contribution < -0.4 is 10.2 Å². The first-order chi connectivity index (χ1) is 14.0. The fourth-order valence-corrected chi connectivity index (χ4v) is 3.57. The number of benzene rings is 2. The largest absolute Gasteiger partial charge is 0.352 e. The van der Waals surface area contributed by atoms with Crippen LogP contribution in [-0.2, 0) is 16.1 Å². The maximum Gasteiger partial charge on any atom is 0.227 e. The summed E-state index contributed by atoms with van der Waals surface area (Å²) in [5.41, 5.74) is 1.70. The van der Waals surface area contributed by atoms with Crippen molar-refractivity contribution in [2.24, 2.45) is 5.92 Å². The summed E-state index contributed by atoms with van der Waals surface area (Å²) in [7, 11) is 0. The fourth-order valence-electron chi connectivity index (χ4n) is 3.38. The third-order valence-corrected chi connectivity index (χ3v) is 5.11. The van der Waals surface area contributed by atoms with Gasteiger partial charge in [-0.1, -0.05) is 23.7 Å². The lowest BCUT2D eigenvalue weighted by atomic mass is 10.1. The van der Waals surface area contributed by atoms with Gasteiger partial charge in [-0.3, -0.25) is 9.59 Å². The van der Waals surface area contributed by atoms with Crippen LogP contribution >= 0.6 is 11.6 Å². The van der Waals surface area contributed by atoms with Crippen molar-refractivity contribution in [3.63, 3.8) is 0 Å². The van der Waals surface area contributed by atoms with E-state index in [0.717, 1.165) is 0 Å². The number of carbonyl (C=O) groups excluding carboxylic acids is 2. The molecule has 1 aliphatic heterocycles. The van der Waals surface area contributed by atoms with Gasteiger partial charge in [0.15, 0.2) is 0 Å². The van der Waals surface area contributed by atoms with Gasteiger partial charge in [-0.2, -0.15) is 0 Å². The second-order valence-corrected chi connectivity index (χ2v) is 7.30. The number of anilines is 1. The molecule has 29 heavy (non-hydrogen) atoms. The summed E-state index contributed by atoms with van der Waals surface area (Å²) in [6, 6.07) is 11.7. The molecule has 1 aliphatic rings. The zero-order chi connectivity index (χ0) is 20.4. The summed E-state index contributed by atoms with van der Waals surface area (Å²) >= 11 is 5.99. The van der Waals surface area contributed by atoms with Gasteiger partial charge in [0, 0.05) is 42.6 Å². The Balaban J connectivity index is 1.38. The van der Waals surface area contributed by atoms with Crippen molar-refractivity contribution in [1.82, 2.24) is 14.9 Å². The molecule has 148 valence electrons. The van der Waals surface area contributed by atoms with Gasteiger partial charge in [0.25, 0.3) is 0 Å². The van der Waals surface area contributed by atoms with E-state index in [9.17, 15) is 14.0 Å². The number of rotatable bonds is 5. The summed E-state index contributed by atoms with van der Waals surface area (Å²) in [6.07, 6.45) is 4.88. The first-order valence-corrected chi connectivity index (χ1v) is 9.49. The molecule has 1 N–H and O–H groups in total. The molecule has 8 heteroatoms. The molecule has 1 fully saturated rings. The van der Waals surface area contributed by atoms with Gasteiger partial charge in [-0.05, 0) is 35.9 Å². The molecule has 6 nitrogen and oxygen atoms in total. The average Bonchev–Trinajstić information content (AvgIpc) is 3.36. The number of halogens is 2. The van der Waals surface area contributed by atoms with E-state index in [-0.39, 0.29) is 24.8 Å². The number of amides is 2. The molecule has 1 atom stereocenters. The van der Waals surface area contributed by atoms with Crippen LogP contribution in [0.2, 0.25) is 5.02 Å². The van der Waals surface area contributed by atoms with Crippen LogP contribution in [-0.4, -0.2) is 27.9 Å². The predicted octanol–water partition coefficient (Wildman–Crippen LogP) is 3.33. The van der Waals surface area contributed by atoms with E-state index in [2.05, 4.69) is 10.3 Å². The highest BCUT2D eigenvalue weighted by Crippen LogP contribution is 2.27. The van der Waals surface area contributed by atoms with Gasteiger partial charge in [-0.25, -0.2) is 9.37 Å². The summed E-state index contributed by atoms with van der Waals surface area (Å²) in [5.74, 6) is -1.22. The van der Waals surface area contributed by atoms with Crippen molar-refractivity contribution in [3.05, 3.63) is 77.6 Å². The maximum atomic E-state index is 14.3. The van der Waals surface area contributed by atoms with Crippen LogP contribution in [0.1, 0.15) is 12.0 Å². The van der Waals surface area contributed by atoms with Crippen molar-refractivity contribution in [2.45, 2.75) is 13.0 Å². The Kier molecular flexibility index (Phi) is 5.31. The number of hydrogen-bond donors (Lipinski definition) is 1. The van der Waals surface area contributed by atoms with Crippen LogP contribution in [0.3, 0.4) is 0 Å². The standard InChI is InChI=1S/C21H18ClFN4O2/c22-16-2-1-3-17(10-16)27-12-15(9-20(27)28)21(29)25-11-14-4-5-19(18(23)8-14)26-7-6-24-13-26/h1-8,10,13,15H,9,11-12H2,(H,25,29). The molecule has 0 radical (unpaired) electrons. The Morgan fingerprint density at radius 2 is 2.14 bits per heavy atom. The second-order valence-electron chi connectivity index (χ2n) is 6.86. The highest BCUT2D eigenvalue weighted by Gasteiger charge is 2.35. The molecule has 2 amide bonds. The Morgan fingerprint density at radius 1 is 1.28 bits per heavy atom. The lowest BCUT2D eigenvalue weighted by Gasteiger charge is -2.17. The van der Waals surface area contributed by atoms with Crippen molar-refractivity contribution < 1.29 is 14.0 Å². The van der Waals surface area contributed by atoms with Crippen LogP contribution in [0.15, 0.2) is 61.2 Å². The molecule has 0 aliphatic carbocycles. The summed E-state index contributed by atoms with van der Waals surface area (Å²) in [4.78, 5) is 30.3. The third-order valence-electron chi connectivity index (χ3n) is 4.88. The number of imidazole rings is 1. The van der Waals surface area contributed by atoms with E-state index in [0.29, 0.717) is 28.5 Å². The molecular formula is C21H18ClFN4O2. The molecule has 0 bridgehead atoms. The SMILES string of the molecule is O=C(NCc1ccc(-n2ccnc2)c(F)c1)C1CC(=O)N(c2cccc(Cl)c2)C1. The smallest absolute Gasteiger partial charge is 0.227 e. The van der Waals surface area contributed by atoms with Crippen LogP contribution in [0.5, 0.6) is 0 Å². The Bertz CT molecular complexity index is 1050. The van der Waals surface area contributed by atoms with Gasteiger partial charge in [0.2, 0.25) is 11.8 Å². The molecule has 1 aromatic heterocycles. The van der Waals surface area contributed by atoms with Gasteiger partial charge in [0.05, 0.1) is 17.9 Å². The molecule has 2 heterocycles. The Hall–Kier alpha value is -3.19. The molecule has 0 saturated carbocycles. The first kappa shape index (κ1) is 19.1. The van der Waals surface area contributed by atoms with E-state index < -0.39 is 11.7 Å². The van der Waals surface area contributed by atoms with Gasteiger partial charge >= 0.3 is 0 Å². The van der Waals surface area contributed by atoms with E-state index in [1.54, 1.807) is 58.3 Å². The highest BCUT2D eigenvalue weighted by molar-refractivity contribution is 6.31. The molecule has 0 spiro atoms. The van der Waals surface area contributed by atoms with Crippen LogP contribution in [0.25, 0.3) is 5.69 Å². The van der Waals surface area contributed by atoms with Gasteiger partial charge in [-0.15, -0.1) is 0 Å². The van der Waals surface area contributed by atoms with Crippen LogP contribution in [0, 0.1) is 11.7 Å². The zero-order valence-electron chi connectivity index (χ0n) is 15.4. The minimum atomic E-state index is -0.462. The monoisotopic (exact) mass is 412 g/mol. The highest BCUT2D eigenvalue weighted by atomic mass is 35.5. The average molecular weight is 413 g/mol. The second kappa shape index (κ2) is 8.05. The molecule has 1 saturated heterocycles. The Labute approximate surface area is 171 Å². The maximum absolute atomic E-state index is 14.3. The van der Waals surface area contributed by atoms with Crippen molar-refractivity contribution in [3.8, 4) is 5.69 Å². The van der Waals surface area contributed by atoms with Crippen molar-refractivity contribution >= 4 is 29.1 Å². The summed E-state index contributed by atoms with van der Waals surface area (Å²) < 4.78 is 15.9. The van der Waals surface area contributed by atoms with Crippen LogP contribution in [0.4, 0.5) is 10.1 Å². The molecule has 4 rings (SSSR count). The van der Waals surface area contributed by atoms with E-state index in [4.69, 9.17) is 11.6 Å². The normalized spacial score (nSPS) is 16.3. The van der Waals surface area contributed by atoms with Gasteiger partial charge in [0.1, 0.15) is 5.82 Å². The van der Waals surface area contributed by atoms with E-state index in [1.807, 2.05) is 0 Å². The van der Waals surface area contributed by atoms with Gasteiger partial charge < -0.3 is 14.8 Å². The number of nitrogens with one attached hydrogen (secondary N) is 1. The summed E-state index contributed by atoms with van der Waals surface area (Å²) in [6.45, 7) is 0.473.